The quantitative estimate of drug-likeness (QED) is 0.415. The molecule has 0 aliphatic carbocycles. The first-order valence-corrected chi connectivity index (χ1v) is 4.19. The SMILES string of the molecule is C=CC(=O)Oc1ccccc1COC. The summed E-state index contributed by atoms with van der Waals surface area (Å²) in [4.78, 5) is 11.0. The van der Waals surface area contributed by atoms with Crippen LogP contribution < -0.4 is 4.74 Å². The van der Waals surface area contributed by atoms with E-state index in [9.17, 15) is 4.79 Å². The van der Waals surface area contributed by atoms with Gasteiger partial charge in [-0.05, 0) is 6.07 Å². The molecule has 0 bridgehead atoms. The summed E-state index contributed by atoms with van der Waals surface area (Å²) in [7, 11) is 1.59. The van der Waals surface area contributed by atoms with Crippen molar-refractivity contribution in [1.82, 2.24) is 0 Å². The lowest BCUT2D eigenvalue weighted by Crippen LogP contribution is -2.05. The smallest absolute Gasteiger partial charge is 0.335 e. The Morgan fingerprint density at radius 3 is 2.86 bits per heavy atom. The molecule has 0 aliphatic rings. The number of ether oxygens (including phenoxy) is 2. The standard InChI is InChI=1S/C11H12O3/c1-3-11(12)14-10-7-5-4-6-9(10)8-13-2/h3-7H,1,8H2,2H3. The predicted molar refractivity (Wildman–Crippen MR) is 53.0 cm³/mol. The molecule has 0 unspecified atom stereocenters. The molecule has 74 valence electrons. The lowest BCUT2D eigenvalue weighted by atomic mass is 10.2. The van der Waals surface area contributed by atoms with E-state index in [2.05, 4.69) is 6.58 Å². The number of para-hydroxylation sites is 1. The first kappa shape index (κ1) is 10.5. The Bertz CT molecular complexity index is 331. The second-order valence-electron chi connectivity index (χ2n) is 2.67. The summed E-state index contributed by atoms with van der Waals surface area (Å²) in [5.41, 5.74) is 0.838. The number of rotatable bonds is 4. The van der Waals surface area contributed by atoms with Crippen molar-refractivity contribution in [3.05, 3.63) is 42.5 Å². The highest BCUT2D eigenvalue weighted by molar-refractivity contribution is 5.83. The molecule has 14 heavy (non-hydrogen) atoms. The summed E-state index contributed by atoms with van der Waals surface area (Å²) >= 11 is 0. The van der Waals surface area contributed by atoms with Crippen LogP contribution in [0.25, 0.3) is 0 Å². The third-order valence-electron chi connectivity index (χ3n) is 1.65. The van der Waals surface area contributed by atoms with Gasteiger partial charge >= 0.3 is 5.97 Å². The van der Waals surface area contributed by atoms with Crippen molar-refractivity contribution in [2.24, 2.45) is 0 Å². The second kappa shape index (κ2) is 5.19. The van der Waals surface area contributed by atoms with E-state index in [1.165, 1.54) is 0 Å². The van der Waals surface area contributed by atoms with Crippen LogP contribution >= 0.6 is 0 Å². The van der Waals surface area contributed by atoms with Crippen molar-refractivity contribution in [1.29, 1.82) is 0 Å². The Labute approximate surface area is 83.0 Å². The second-order valence-corrected chi connectivity index (χ2v) is 2.67. The van der Waals surface area contributed by atoms with Crippen LogP contribution in [0.4, 0.5) is 0 Å². The van der Waals surface area contributed by atoms with Crippen LogP contribution in [-0.2, 0) is 16.1 Å². The van der Waals surface area contributed by atoms with Crippen LogP contribution in [0, 0.1) is 0 Å². The first-order chi connectivity index (χ1) is 6.77. The summed E-state index contributed by atoms with van der Waals surface area (Å²) in [5, 5.41) is 0. The van der Waals surface area contributed by atoms with Crippen molar-refractivity contribution < 1.29 is 14.3 Å². The summed E-state index contributed by atoms with van der Waals surface area (Å²) in [6, 6.07) is 7.22. The van der Waals surface area contributed by atoms with Crippen LogP contribution in [0.3, 0.4) is 0 Å². The number of benzene rings is 1. The van der Waals surface area contributed by atoms with Crippen molar-refractivity contribution in [3.63, 3.8) is 0 Å². The molecular weight excluding hydrogens is 180 g/mol. The number of hydrogen-bond acceptors (Lipinski definition) is 3. The van der Waals surface area contributed by atoms with Crippen LogP contribution in [-0.4, -0.2) is 13.1 Å². The van der Waals surface area contributed by atoms with Gasteiger partial charge in [0.15, 0.2) is 0 Å². The highest BCUT2D eigenvalue weighted by Crippen LogP contribution is 2.18. The zero-order valence-electron chi connectivity index (χ0n) is 8.03. The van der Waals surface area contributed by atoms with E-state index in [4.69, 9.17) is 9.47 Å². The maximum atomic E-state index is 11.0. The maximum absolute atomic E-state index is 11.0. The number of methoxy groups -OCH3 is 1. The van der Waals surface area contributed by atoms with Crippen LogP contribution in [0.1, 0.15) is 5.56 Å². The van der Waals surface area contributed by atoms with Crippen LogP contribution in [0.15, 0.2) is 36.9 Å². The Morgan fingerprint density at radius 1 is 1.50 bits per heavy atom. The summed E-state index contributed by atoms with van der Waals surface area (Å²) in [6.07, 6.45) is 1.13. The lowest BCUT2D eigenvalue weighted by molar-refractivity contribution is -0.129. The molecule has 0 saturated carbocycles. The molecule has 0 heterocycles. The third kappa shape index (κ3) is 2.71. The zero-order chi connectivity index (χ0) is 10.4. The topological polar surface area (TPSA) is 35.5 Å². The van der Waals surface area contributed by atoms with Gasteiger partial charge in [0.1, 0.15) is 5.75 Å². The van der Waals surface area contributed by atoms with Crippen molar-refractivity contribution in [2.45, 2.75) is 6.61 Å². The Hall–Kier alpha value is -1.61. The molecular formula is C11H12O3. The van der Waals surface area contributed by atoms with Gasteiger partial charge in [0.05, 0.1) is 6.61 Å². The van der Waals surface area contributed by atoms with Gasteiger partial charge in [-0.15, -0.1) is 0 Å². The van der Waals surface area contributed by atoms with Crippen LogP contribution in [0.2, 0.25) is 0 Å². The van der Waals surface area contributed by atoms with Crippen molar-refractivity contribution in [2.75, 3.05) is 7.11 Å². The summed E-state index contributed by atoms with van der Waals surface area (Å²) in [6.45, 7) is 3.74. The summed E-state index contributed by atoms with van der Waals surface area (Å²) < 4.78 is 9.98. The largest absolute Gasteiger partial charge is 0.423 e. The molecule has 0 aliphatic heterocycles. The minimum absolute atomic E-state index is 0.417. The fourth-order valence-electron chi connectivity index (χ4n) is 1.03. The Balaban J connectivity index is 2.83. The van der Waals surface area contributed by atoms with E-state index in [-0.39, 0.29) is 0 Å². The van der Waals surface area contributed by atoms with E-state index in [0.717, 1.165) is 11.6 Å². The Kier molecular flexibility index (Phi) is 3.88. The molecule has 3 nitrogen and oxygen atoms in total. The zero-order valence-corrected chi connectivity index (χ0v) is 8.03. The average molecular weight is 192 g/mol. The molecule has 0 N–H and O–H groups in total. The van der Waals surface area contributed by atoms with Gasteiger partial charge in [-0.25, -0.2) is 4.79 Å². The molecule has 0 fully saturated rings. The minimum atomic E-state index is -0.464. The molecule has 1 rings (SSSR count). The van der Waals surface area contributed by atoms with E-state index in [0.29, 0.717) is 12.4 Å². The Morgan fingerprint density at radius 2 is 2.21 bits per heavy atom. The van der Waals surface area contributed by atoms with Gasteiger partial charge < -0.3 is 9.47 Å². The molecule has 3 heteroatoms. The summed E-state index contributed by atoms with van der Waals surface area (Å²) in [5.74, 6) is 0.0489. The first-order valence-electron chi connectivity index (χ1n) is 4.19. The van der Waals surface area contributed by atoms with E-state index in [1.54, 1.807) is 19.2 Å². The van der Waals surface area contributed by atoms with E-state index < -0.39 is 5.97 Å². The molecule has 0 saturated heterocycles. The lowest BCUT2D eigenvalue weighted by Gasteiger charge is -2.07. The number of esters is 1. The highest BCUT2D eigenvalue weighted by atomic mass is 16.5. The predicted octanol–water partition coefficient (Wildman–Crippen LogP) is 1.92. The van der Waals surface area contributed by atoms with Gasteiger partial charge in [0.25, 0.3) is 0 Å². The fraction of sp³-hybridized carbons (Fsp3) is 0.182. The average Bonchev–Trinajstić information content (AvgIpc) is 2.21. The highest BCUT2D eigenvalue weighted by Gasteiger charge is 2.05. The van der Waals surface area contributed by atoms with E-state index in [1.807, 2.05) is 12.1 Å². The number of carbonyl (C=O) groups is 1. The van der Waals surface area contributed by atoms with Gasteiger partial charge in [-0.2, -0.15) is 0 Å². The monoisotopic (exact) mass is 192 g/mol. The van der Waals surface area contributed by atoms with Crippen molar-refractivity contribution >= 4 is 5.97 Å². The molecule has 0 spiro atoms. The number of hydrogen-bond donors (Lipinski definition) is 0. The van der Waals surface area contributed by atoms with Crippen LogP contribution in [0.5, 0.6) is 5.75 Å². The van der Waals surface area contributed by atoms with Crippen molar-refractivity contribution in [3.8, 4) is 5.75 Å². The normalized spacial score (nSPS) is 9.50. The van der Waals surface area contributed by atoms with Gasteiger partial charge in [-0.3, -0.25) is 0 Å². The van der Waals surface area contributed by atoms with Gasteiger partial charge in [0, 0.05) is 18.7 Å². The minimum Gasteiger partial charge on any atom is -0.423 e. The van der Waals surface area contributed by atoms with Gasteiger partial charge in [0.2, 0.25) is 0 Å². The molecule has 0 atom stereocenters. The molecule has 0 aromatic heterocycles. The third-order valence-corrected chi connectivity index (χ3v) is 1.65. The maximum Gasteiger partial charge on any atom is 0.335 e. The van der Waals surface area contributed by atoms with Gasteiger partial charge in [-0.1, -0.05) is 24.8 Å². The molecule has 0 radical (unpaired) electrons. The molecule has 0 amide bonds. The number of carbonyl (C=O) groups excluding carboxylic acids is 1. The molecule has 1 aromatic rings. The van der Waals surface area contributed by atoms with E-state index >= 15 is 0 Å². The molecule has 1 aromatic carbocycles. The fourth-order valence-corrected chi connectivity index (χ4v) is 1.03.